The van der Waals surface area contributed by atoms with Crippen LogP contribution in [0.4, 0.5) is 5.69 Å². The fraction of sp³-hybridized carbons (Fsp3) is 0.450. The minimum atomic E-state index is -3.63. The summed E-state index contributed by atoms with van der Waals surface area (Å²) < 4.78 is 21.8. The maximum atomic E-state index is 10.9. The van der Waals surface area contributed by atoms with Crippen molar-refractivity contribution in [3.05, 3.63) is 45.3 Å². The lowest BCUT2D eigenvalue weighted by atomic mass is 9.93. The molecule has 2 aromatic rings. The van der Waals surface area contributed by atoms with Gasteiger partial charge in [0.15, 0.2) is 0 Å². The van der Waals surface area contributed by atoms with E-state index in [1.54, 1.807) is 26.0 Å². The standard InChI is InChI=1S/C13H16ClNO.C7H11NO3S2/c1-8(2)11-5-10(14)6-12(9(3)4)13(11)15-7-16;1-7(2,9)5-3-4-6(12-5)13(8,10)11/h5-6,8-9H,1-4H3;3-4,9H,1-2H3,(H2,8,10,11). The third-order valence-electron chi connectivity index (χ3n) is 4.00. The average Bonchev–Trinajstić information content (AvgIpc) is 3.07. The second-order valence-corrected chi connectivity index (χ2v) is 11.0. The highest BCUT2D eigenvalue weighted by molar-refractivity contribution is 7.91. The zero-order valence-corrected chi connectivity index (χ0v) is 19.7. The van der Waals surface area contributed by atoms with Gasteiger partial charge in [0.1, 0.15) is 4.21 Å². The Hall–Kier alpha value is -1.54. The zero-order valence-electron chi connectivity index (χ0n) is 17.4. The molecule has 0 amide bonds. The Morgan fingerprint density at radius 3 is 1.90 bits per heavy atom. The molecule has 0 bridgehead atoms. The number of aliphatic hydroxyl groups is 1. The van der Waals surface area contributed by atoms with E-state index < -0.39 is 15.6 Å². The minimum absolute atomic E-state index is 0.0737. The SMILES string of the molecule is CC(C)(O)c1ccc(S(N)(=O)=O)s1.CC(C)c1cc(Cl)cc(C(C)C)c1N=C=O. The maximum Gasteiger partial charge on any atom is 0.247 e. The van der Waals surface area contributed by atoms with E-state index in [-0.39, 0.29) is 16.0 Å². The highest BCUT2D eigenvalue weighted by Crippen LogP contribution is 2.37. The lowest BCUT2D eigenvalue weighted by Gasteiger charge is -2.16. The van der Waals surface area contributed by atoms with E-state index in [4.69, 9.17) is 16.7 Å². The number of sulfonamides is 1. The summed E-state index contributed by atoms with van der Waals surface area (Å²) in [5.41, 5.74) is 1.71. The number of isocyanates is 1. The molecule has 0 atom stereocenters. The molecule has 29 heavy (non-hydrogen) atoms. The molecule has 6 nitrogen and oxygen atoms in total. The molecule has 0 aliphatic heterocycles. The Labute approximate surface area is 181 Å². The van der Waals surface area contributed by atoms with Crippen LogP contribution in [-0.2, 0) is 20.4 Å². The van der Waals surface area contributed by atoms with Crippen molar-refractivity contribution in [1.82, 2.24) is 0 Å². The van der Waals surface area contributed by atoms with Crippen LogP contribution in [0.3, 0.4) is 0 Å². The van der Waals surface area contributed by atoms with Crippen LogP contribution in [0.15, 0.2) is 33.5 Å². The fourth-order valence-electron chi connectivity index (χ4n) is 2.50. The Balaban J connectivity index is 0.000000296. The van der Waals surface area contributed by atoms with E-state index in [0.29, 0.717) is 9.90 Å². The molecule has 160 valence electrons. The summed E-state index contributed by atoms with van der Waals surface area (Å²) in [6, 6.07) is 6.69. The molecular formula is C20H27ClN2O4S2. The molecule has 0 saturated carbocycles. The first-order valence-electron chi connectivity index (χ1n) is 8.95. The van der Waals surface area contributed by atoms with E-state index in [1.807, 2.05) is 12.1 Å². The topological polar surface area (TPSA) is 110 Å². The molecule has 1 heterocycles. The van der Waals surface area contributed by atoms with Crippen molar-refractivity contribution < 1.29 is 18.3 Å². The van der Waals surface area contributed by atoms with Crippen LogP contribution in [0.5, 0.6) is 0 Å². The summed E-state index contributed by atoms with van der Waals surface area (Å²) in [6.45, 7) is 11.4. The van der Waals surface area contributed by atoms with Crippen molar-refractivity contribution in [3.63, 3.8) is 0 Å². The lowest BCUT2D eigenvalue weighted by molar-refractivity contribution is 0.0825. The first kappa shape index (κ1) is 25.5. The molecular weight excluding hydrogens is 432 g/mol. The van der Waals surface area contributed by atoms with E-state index in [1.165, 1.54) is 6.07 Å². The summed E-state index contributed by atoms with van der Waals surface area (Å²) in [7, 11) is -3.63. The number of thiophene rings is 1. The smallest absolute Gasteiger partial charge is 0.247 e. The van der Waals surface area contributed by atoms with Crippen LogP contribution in [0.2, 0.25) is 5.02 Å². The number of nitrogens with zero attached hydrogens (tertiary/aromatic N) is 1. The molecule has 2 rings (SSSR count). The van der Waals surface area contributed by atoms with E-state index in [2.05, 4.69) is 32.7 Å². The molecule has 0 radical (unpaired) electrons. The number of aliphatic imine (C=N–C) groups is 1. The number of primary sulfonamides is 1. The van der Waals surface area contributed by atoms with Gasteiger partial charge in [0, 0.05) is 9.90 Å². The van der Waals surface area contributed by atoms with Crippen LogP contribution < -0.4 is 5.14 Å². The van der Waals surface area contributed by atoms with Gasteiger partial charge in [-0.2, -0.15) is 4.99 Å². The van der Waals surface area contributed by atoms with Gasteiger partial charge in [-0.25, -0.2) is 18.4 Å². The molecule has 0 saturated heterocycles. The van der Waals surface area contributed by atoms with Crippen molar-refractivity contribution in [2.45, 2.75) is 63.2 Å². The average molecular weight is 459 g/mol. The van der Waals surface area contributed by atoms with Crippen molar-refractivity contribution >= 4 is 44.7 Å². The van der Waals surface area contributed by atoms with Gasteiger partial charge < -0.3 is 5.11 Å². The van der Waals surface area contributed by atoms with Crippen molar-refractivity contribution in [1.29, 1.82) is 0 Å². The fourth-order valence-corrected chi connectivity index (χ4v) is 4.46. The largest absolute Gasteiger partial charge is 0.385 e. The van der Waals surface area contributed by atoms with Crippen molar-refractivity contribution in [2.24, 2.45) is 10.1 Å². The van der Waals surface area contributed by atoms with Gasteiger partial charge in [0.25, 0.3) is 0 Å². The number of rotatable bonds is 5. The molecule has 0 aliphatic carbocycles. The predicted molar refractivity (Wildman–Crippen MR) is 118 cm³/mol. The summed E-state index contributed by atoms with van der Waals surface area (Å²) in [5, 5.41) is 15.1. The molecule has 3 N–H and O–H groups in total. The van der Waals surface area contributed by atoms with Crippen LogP contribution in [0.25, 0.3) is 0 Å². The number of carbonyl (C=O) groups excluding carboxylic acids is 1. The van der Waals surface area contributed by atoms with Gasteiger partial charge in [0.2, 0.25) is 16.1 Å². The molecule has 0 fully saturated rings. The minimum Gasteiger partial charge on any atom is -0.385 e. The van der Waals surface area contributed by atoms with Crippen LogP contribution in [0.1, 0.15) is 69.4 Å². The third kappa shape index (κ3) is 7.33. The number of benzene rings is 1. The van der Waals surface area contributed by atoms with E-state index in [9.17, 15) is 18.3 Å². The summed E-state index contributed by atoms with van der Waals surface area (Å²) in [4.78, 5) is 14.9. The summed E-state index contributed by atoms with van der Waals surface area (Å²) in [6.07, 6.45) is 1.63. The van der Waals surface area contributed by atoms with Crippen molar-refractivity contribution in [3.8, 4) is 0 Å². The van der Waals surface area contributed by atoms with Gasteiger partial charge >= 0.3 is 0 Å². The molecule has 0 spiro atoms. The molecule has 1 aromatic carbocycles. The maximum absolute atomic E-state index is 10.9. The Morgan fingerprint density at radius 2 is 1.62 bits per heavy atom. The zero-order chi connectivity index (χ0) is 22.6. The van der Waals surface area contributed by atoms with Crippen molar-refractivity contribution in [2.75, 3.05) is 0 Å². The Kier molecular flexibility index (Phi) is 8.77. The monoisotopic (exact) mass is 458 g/mol. The van der Waals surface area contributed by atoms with Crippen LogP contribution in [0, 0.1) is 0 Å². The van der Waals surface area contributed by atoms with Gasteiger partial charge in [0.05, 0.1) is 11.3 Å². The molecule has 9 heteroatoms. The quantitative estimate of drug-likeness (QED) is 0.475. The highest BCUT2D eigenvalue weighted by Gasteiger charge is 2.21. The highest BCUT2D eigenvalue weighted by atomic mass is 35.5. The second-order valence-electron chi connectivity index (χ2n) is 7.67. The Bertz CT molecular complexity index is 971. The molecule has 0 aliphatic rings. The van der Waals surface area contributed by atoms with Gasteiger partial charge in [-0.3, -0.25) is 0 Å². The van der Waals surface area contributed by atoms with E-state index in [0.717, 1.165) is 28.2 Å². The summed E-state index contributed by atoms with van der Waals surface area (Å²) in [5.74, 6) is 0.562. The molecule has 1 aromatic heterocycles. The number of halogens is 1. The predicted octanol–water partition coefficient (Wildman–Crippen LogP) is 5.18. The summed E-state index contributed by atoms with van der Waals surface area (Å²) >= 11 is 7.05. The molecule has 0 unspecified atom stereocenters. The first-order chi connectivity index (χ1) is 13.2. The van der Waals surface area contributed by atoms with Gasteiger partial charge in [-0.15, -0.1) is 11.3 Å². The van der Waals surface area contributed by atoms with Crippen LogP contribution in [-0.4, -0.2) is 19.6 Å². The van der Waals surface area contributed by atoms with Gasteiger partial charge in [-0.05, 0) is 61.1 Å². The third-order valence-corrected chi connectivity index (χ3v) is 7.05. The normalized spacial score (nSPS) is 11.8. The van der Waals surface area contributed by atoms with Crippen LogP contribution >= 0.6 is 22.9 Å². The van der Waals surface area contributed by atoms with E-state index >= 15 is 0 Å². The number of hydrogen-bond donors (Lipinski definition) is 2. The number of hydrogen-bond acceptors (Lipinski definition) is 6. The first-order valence-corrected chi connectivity index (χ1v) is 11.7. The number of nitrogens with two attached hydrogens (primary N) is 1. The Morgan fingerprint density at radius 1 is 1.14 bits per heavy atom. The second kappa shape index (κ2) is 9.98. The van der Waals surface area contributed by atoms with Gasteiger partial charge in [-0.1, -0.05) is 39.3 Å². The lowest BCUT2D eigenvalue weighted by Crippen LogP contribution is -2.13.